The summed E-state index contributed by atoms with van der Waals surface area (Å²) >= 11 is 1.63. The molecular weight excluding hydrogens is 516 g/mol. The topological polar surface area (TPSA) is 77.5 Å². The lowest BCUT2D eigenvalue weighted by Crippen LogP contribution is -2.45. The quantitative estimate of drug-likeness (QED) is 0.278. The molecule has 0 spiro atoms. The number of rotatable bonds is 15. The lowest BCUT2D eigenvalue weighted by Gasteiger charge is -2.28. The molecule has 0 fully saturated rings. The van der Waals surface area contributed by atoms with E-state index in [1.807, 2.05) is 59.7 Å². The molecule has 39 heavy (non-hydrogen) atoms. The Hall–Kier alpha value is -3.56. The van der Waals surface area contributed by atoms with E-state index in [0.717, 1.165) is 27.3 Å². The third kappa shape index (κ3) is 8.73. The van der Waals surface area contributed by atoms with Crippen molar-refractivity contribution in [1.29, 1.82) is 0 Å². The summed E-state index contributed by atoms with van der Waals surface area (Å²) in [6.07, 6.45) is 0.824. The van der Waals surface area contributed by atoms with E-state index in [-0.39, 0.29) is 24.8 Å². The van der Waals surface area contributed by atoms with Crippen LogP contribution in [0.25, 0.3) is 0 Å². The number of hydrogen-bond acceptors (Lipinski definition) is 7. The van der Waals surface area contributed by atoms with Gasteiger partial charge in [0.2, 0.25) is 11.8 Å². The molecule has 0 saturated carbocycles. The molecule has 8 nitrogen and oxygen atoms in total. The molecule has 0 aliphatic rings. The third-order valence-corrected chi connectivity index (χ3v) is 7.54. The van der Waals surface area contributed by atoms with E-state index in [4.69, 9.17) is 18.9 Å². The van der Waals surface area contributed by atoms with Crippen LogP contribution in [0.4, 0.5) is 0 Å². The summed E-state index contributed by atoms with van der Waals surface area (Å²) in [5.41, 5.74) is 3.03. The van der Waals surface area contributed by atoms with Gasteiger partial charge in [-0.3, -0.25) is 9.59 Å². The molecule has 0 aliphatic carbocycles. The average molecular weight is 555 g/mol. The van der Waals surface area contributed by atoms with E-state index < -0.39 is 0 Å². The second kappa shape index (κ2) is 15.1. The Balaban J connectivity index is 1.75. The van der Waals surface area contributed by atoms with Gasteiger partial charge in [0.05, 0.1) is 47.4 Å². The molecule has 0 radical (unpaired) electrons. The minimum atomic E-state index is -0.127. The van der Waals surface area contributed by atoms with Gasteiger partial charge in [-0.15, -0.1) is 11.3 Å². The maximum atomic E-state index is 13.7. The molecule has 0 atom stereocenters. The van der Waals surface area contributed by atoms with Gasteiger partial charge < -0.3 is 28.7 Å². The number of methoxy groups -OCH3 is 4. The van der Waals surface area contributed by atoms with Gasteiger partial charge in [0.15, 0.2) is 11.5 Å². The summed E-state index contributed by atoms with van der Waals surface area (Å²) in [6.45, 7) is 3.69. The first-order valence-corrected chi connectivity index (χ1v) is 13.7. The zero-order valence-corrected chi connectivity index (χ0v) is 24.2. The van der Waals surface area contributed by atoms with Crippen molar-refractivity contribution >= 4 is 23.2 Å². The molecule has 0 saturated heterocycles. The van der Waals surface area contributed by atoms with Gasteiger partial charge in [-0.1, -0.05) is 18.2 Å². The molecule has 2 aromatic carbocycles. The summed E-state index contributed by atoms with van der Waals surface area (Å²) < 4.78 is 21.2. The minimum Gasteiger partial charge on any atom is -0.497 e. The molecule has 0 N–H and O–H groups in total. The number of nitrogens with zero attached hydrogens (tertiary/aromatic N) is 2. The monoisotopic (exact) mass is 554 g/mol. The number of hydrogen-bond donors (Lipinski definition) is 0. The number of ether oxygens (including phenoxy) is 4. The molecule has 1 heterocycles. The van der Waals surface area contributed by atoms with Crippen LogP contribution < -0.4 is 14.2 Å². The maximum Gasteiger partial charge on any atom is 0.242 e. The highest BCUT2D eigenvalue weighted by Gasteiger charge is 2.23. The van der Waals surface area contributed by atoms with Crippen LogP contribution in [0.1, 0.15) is 21.6 Å². The van der Waals surface area contributed by atoms with Crippen molar-refractivity contribution in [3.8, 4) is 17.2 Å². The lowest BCUT2D eigenvalue weighted by atomic mass is 10.1. The SMILES string of the molecule is COCCN(CC(=O)N(CCc1ccc(OC)c(OC)c1)Cc1sccc1C)C(=O)Cc1ccc(OC)cc1. The van der Waals surface area contributed by atoms with Crippen LogP contribution in [-0.4, -0.2) is 76.3 Å². The van der Waals surface area contributed by atoms with Crippen LogP contribution in [0, 0.1) is 6.92 Å². The molecule has 3 rings (SSSR count). The van der Waals surface area contributed by atoms with E-state index >= 15 is 0 Å². The van der Waals surface area contributed by atoms with Crippen LogP contribution in [0.2, 0.25) is 0 Å². The molecular formula is C30H38N2O6S. The Morgan fingerprint density at radius 2 is 1.51 bits per heavy atom. The zero-order chi connectivity index (χ0) is 28.2. The first-order chi connectivity index (χ1) is 18.9. The largest absolute Gasteiger partial charge is 0.497 e. The van der Waals surface area contributed by atoms with Crippen LogP contribution in [0.5, 0.6) is 17.2 Å². The van der Waals surface area contributed by atoms with Crippen molar-refractivity contribution in [2.24, 2.45) is 0 Å². The highest BCUT2D eigenvalue weighted by molar-refractivity contribution is 7.10. The Labute approximate surface area is 235 Å². The van der Waals surface area contributed by atoms with E-state index in [9.17, 15) is 9.59 Å². The van der Waals surface area contributed by atoms with Gasteiger partial charge in [-0.2, -0.15) is 0 Å². The number of carbonyl (C=O) groups excluding carboxylic acids is 2. The number of amides is 2. The van der Waals surface area contributed by atoms with E-state index in [0.29, 0.717) is 44.2 Å². The number of benzene rings is 2. The molecule has 3 aromatic rings. The fourth-order valence-corrected chi connectivity index (χ4v) is 5.04. The first-order valence-electron chi connectivity index (χ1n) is 12.8. The lowest BCUT2D eigenvalue weighted by molar-refractivity contribution is -0.141. The van der Waals surface area contributed by atoms with Gasteiger partial charge >= 0.3 is 0 Å². The second-order valence-electron chi connectivity index (χ2n) is 9.11. The van der Waals surface area contributed by atoms with Crippen LogP contribution in [-0.2, 0) is 33.7 Å². The number of aryl methyl sites for hydroxylation is 1. The van der Waals surface area contributed by atoms with Crippen molar-refractivity contribution in [3.63, 3.8) is 0 Å². The van der Waals surface area contributed by atoms with Crippen molar-refractivity contribution in [2.45, 2.75) is 26.3 Å². The second-order valence-corrected chi connectivity index (χ2v) is 10.1. The van der Waals surface area contributed by atoms with Gasteiger partial charge in [0, 0.05) is 25.1 Å². The normalized spacial score (nSPS) is 10.7. The van der Waals surface area contributed by atoms with Crippen molar-refractivity contribution in [2.75, 3.05) is 54.7 Å². The maximum absolute atomic E-state index is 13.7. The van der Waals surface area contributed by atoms with Crippen molar-refractivity contribution < 1.29 is 28.5 Å². The Kier molecular flexibility index (Phi) is 11.6. The van der Waals surface area contributed by atoms with Crippen LogP contribution in [0.3, 0.4) is 0 Å². The molecule has 0 unspecified atom stereocenters. The standard InChI is InChI=1S/C30H38N2O6S/c1-22-13-17-39-28(22)20-31(14-12-24-8-11-26(37-4)27(18-24)38-5)30(34)21-32(15-16-35-2)29(33)19-23-6-9-25(36-3)10-7-23/h6-11,13,17-18H,12,14-16,19-21H2,1-5H3. The number of carbonyl (C=O) groups is 2. The predicted octanol–water partition coefficient (Wildman–Crippen LogP) is 4.37. The van der Waals surface area contributed by atoms with Crippen molar-refractivity contribution in [3.05, 3.63) is 75.5 Å². The summed E-state index contributed by atoms with van der Waals surface area (Å²) in [5, 5.41) is 2.03. The Morgan fingerprint density at radius 1 is 0.795 bits per heavy atom. The highest BCUT2D eigenvalue weighted by atomic mass is 32.1. The molecule has 1 aromatic heterocycles. The molecule has 9 heteroatoms. The summed E-state index contributed by atoms with van der Waals surface area (Å²) in [6, 6.07) is 15.2. The van der Waals surface area contributed by atoms with Gasteiger partial charge in [-0.25, -0.2) is 0 Å². The summed E-state index contributed by atoms with van der Waals surface area (Å²) in [7, 11) is 6.40. The fourth-order valence-electron chi connectivity index (χ4n) is 4.12. The smallest absolute Gasteiger partial charge is 0.242 e. The van der Waals surface area contributed by atoms with E-state index in [1.54, 1.807) is 44.7 Å². The minimum absolute atomic E-state index is 0.0191. The summed E-state index contributed by atoms with van der Waals surface area (Å²) in [5.74, 6) is 1.80. The molecule has 210 valence electrons. The average Bonchev–Trinajstić information content (AvgIpc) is 3.37. The zero-order valence-electron chi connectivity index (χ0n) is 23.4. The van der Waals surface area contributed by atoms with Gasteiger partial charge in [0.25, 0.3) is 0 Å². The molecule has 0 bridgehead atoms. The Morgan fingerprint density at radius 3 is 2.13 bits per heavy atom. The van der Waals surface area contributed by atoms with Crippen molar-refractivity contribution in [1.82, 2.24) is 9.80 Å². The third-order valence-electron chi connectivity index (χ3n) is 6.53. The molecule has 0 aliphatic heterocycles. The van der Waals surface area contributed by atoms with Gasteiger partial charge in [-0.05, 0) is 65.7 Å². The first kappa shape index (κ1) is 30.0. The predicted molar refractivity (Wildman–Crippen MR) is 153 cm³/mol. The summed E-state index contributed by atoms with van der Waals surface area (Å²) in [4.78, 5) is 31.5. The molecule has 2 amide bonds. The van der Waals surface area contributed by atoms with E-state index in [1.165, 1.54) is 0 Å². The van der Waals surface area contributed by atoms with Gasteiger partial charge in [0.1, 0.15) is 5.75 Å². The van der Waals surface area contributed by atoms with Crippen LogP contribution in [0.15, 0.2) is 53.9 Å². The van der Waals surface area contributed by atoms with E-state index in [2.05, 4.69) is 6.07 Å². The Bertz CT molecular complexity index is 1210. The van der Waals surface area contributed by atoms with Crippen LogP contribution >= 0.6 is 11.3 Å². The fraction of sp³-hybridized carbons (Fsp3) is 0.400. The number of thiophene rings is 1. The highest BCUT2D eigenvalue weighted by Crippen LogP contribution is 2.28.